The van der Waals surface area contributed by atoms with E-state index in [0.29, 0.717) is 43.2 Å². The first kappa shape index (κ1) is 18.5. The molecule has 0 aliphatic carbocycles. The molecule has 2 aromatic heterocycles. The second-order valence-corrected chi connectivity index (χ2v) is 7.03. The molecule has 2 saturated heterocycles. The van der Waals surface area contributed by atoms with Gasteiger partial charge in [0.2, 0.25) is 0 Å². The number of anilines is 1. The number of amides is 2. The van der Waals surface area contributed by atoms with Gasteiger partial charge in [0.25, 0.3) is 11.8 Å². The first-order valence-electron chi connectivity index (χ1n) is 9.62. The summed E-state index contributed by atoms with van der Waals surface area (Å²) in [4.78, 5) is 33.6. The highest BCUT2D eigenvalue weighted by Crippen LogP contribution is 2.20. The lowest BCUT2D eigenvalue weighted by Crippen LogP contribution is -2.47. The summed E-state index contributed by atoms with van der Waals surface area (Å²) in [7, 11) is 0. The molecule has 0 unspecified atom stereocenters. The van der Waals surface area contributed by atoms with Gasteiger partial charge in [0.1, 0.15) is 12.1 Å². The molecule has 2 aromatic rings. The lowest BCUT2D eigenvalue weighted by Gasteiger charge is -2.33. The van der Waals surface area contributed by atoms with Crippen LogP contribution >= 0.6 is 0 Å². The minimum absolute atomic E-state index is 0.0274. The number of rotatable bonds is 4. The predicted octanol–water partition coefficient (Wildman–Crippen LogP) is 1.55. The number of pyridine rings is 1. The maximum atomic E-state index is 12.9. The molecule has 2 fully saturated rings. The zero-order chi connectivity index (χ0) is 19.3. The van der Waals surface area contributed by atoms with E-state index in [1.165, 1.54) is 12.5 Å². The third-order valence-electron chi connectivity index (χ3n) is 5.23. The van der Waals surface area contributed by atoms with Crippen LogP contribution in [-0.2, 0) is 4.74 Å². The minimum Gasteiger partial charge on any atom is -0.472 e. The van der Waals surface area contributed by atoms with E-state index in [-0.39, 0.29) is 17.9 Å². The van der Waals surface area contributed by atoms with Crippen molar-refractivity contribution >= 4 is 17.6 Å². The van der Waals surface area contributed by atoms with Crippen LogP contribution < -0.4 is 10.2 Å². The highest BCUT2D eigenvalue weighted by Gasteiger charge is 2.27. The van der Waals surface area contributed by atoms with E-state index in [1.54, 1.807) is 23.2 Å². The molecule has 0 spiro atoms. The van der Waals surface area contributed by atoms with Gasteiger partial charge in [0.15, 0.2) is 0 Å². The molecule has 0 bridgehead atoms. The lowest BCUT2D eigenvalue weighted by molar-refractivity contribution is 0.0697. The molecule has 8 nitrogen and oxygen atoms in total. The van der Waals surface area contributed by atoms with Crippen molar-refractivity contribution in [1.29, 1.82) is 0 Å². The number of hydrogen-bond donors (Lipinski definition) is 1. The molecule has 2 aliphatic rings. The van der Waals surface area contributed by atoms with E-state index in [9.17, 15) is 9.59 Å². The zero-order valence-electron chi connectivity index (χ0n) is 15.7. The Hall–Kier alpha value is -2.87. The molecule has 4 heterocycles. The molecule has 148 valence electrons. The highest BCUT2D eigenvalue weighted by molar-refractivity contribution is 5.99. The standard InChI is InChI=1S/C20H24N4O4/c25-19(17-2-1-6-21-18(17)23-9-12-27-13-10-23)22-16-3-7-24(8-4-16)20(26)15-5-11-28-14-15/h1-2,5-6,11,14,16H,3-4,7-10,12-13H2,(H,22,25). The van der Waals surface area contributed by atoms with Crippen molar-refractivity contribution in [1.82, 2.24) is 15.2 Å². The number of nitrogens with one attached hydrogen (secondary N) is 1. The molecular weight excluding hydrogens is 360 g/mol. The summed E-state index contributed by atoms with van der Waals surface area (Å²) in [6.07, 6.45) is 6.12. The molecule has 2 aliphatic heterocycles. The Bertz CT molecular complexity index is 809. The summed E-state index contributed by atoms with van der Waals surface area (Å²) >= 11 is 0. The molecule has 4 rings (SSSR count). The van der Waals surface area contributed by atoms with Gasteiger partial charge in [-0.25, -0.2) is 4.98 Å². The van der Waals surface area contributed by atoms with Crippen LogP contribution in [0, 0.1) is 0 Å². The number of carbonyl (C=O) groups excluding carboxylic acids is 2. The zero-order valence-corrected chi connectivity index (χ0v) is 15.7. The van der Waals surface area contributed by atoms with Gasteiger partial charge in [0.05, 0.1) is 30.6 Å². The smallest absolute Gasteiger partial charge is 0.257 e. The fraction of sp³-hybridized carbons (Fsp3) is 0.450. The van der Waals surface area contributed by atoms with Crippen molar-refractivity contribution in [2.24, 2.45) is 0 Å². The van der Waals surface area contributed by atoms with E-state index in [1.807, 2.05) is 6.07 Å². The Labute approximate surface area is 163 Å². The van der Waals surface area contributed by atoms with Crippen LogP contribution in [0.5, 0.6) is 0 Å². The summed E-state index contributed by atoms with van der Waals surface area (Å²) in [6.45, 7) is 3.95. The fourth-order valence-electron chi connectivity index (χ4n) is 3.66. The van der Waals surface area contributed by atoms with Gasteiger partial charge in [-0.15, -0.1) is 0 Å². The fourth-order valence-corrected chi connectivity index (χ4v) is 3.66. The second kappa shape index (κ2) is 8.43. The van der Waals surface area contributed by atoms with E-state index in [4.69, 9.17) is 9.15 Å². The van der Waals surface area contributed by atoms with Crippen LogP contribution in [0.15, 0.2) is 41.3 Å². The summed E-state index contributed by atoms with van der Waals surface area (Å²) in [5.74, 6) is 0.561. The monoisotopic (exact) mass is 384 g/mol. The Morgan fingerprint density at radius 3 is 2.61 bits per heavy atom. The van der Waals surface area contributed by atoms with Crippen LogP contribution in [0.1, 0.15) is 33.6 Å². The topological polar surface area (TPSA) is 87.9 Å². The van der Waals surface area contributed by atoms with Crippen molar-refractivity contribution in [2.75, 3.05) is 44.3 Å². The molecule has 0 saturated carbocycles. The number of furan rings is 1. The summed E-state index contributed by atoms with van der Waals surface area (Å²) in [5.41, 5.74) is 1.15. The average Bonchev–Trinajstić information content (AvgIpc) is 3.29. The number of likely N-dealkylation sites (tertiary alicyclic amines) is 1. The summed E-state index contributed by atoms with van der Waals surface area (Å²) in [6, 6.07) is 5.31. The van der Waals surface area contributed by atoms with E-state index >= 15 is 0 Å². The maximum Gasteiger partial charge on any atom is 0.257 e. The first-order valence-corrected chi connectivity index (χ1v) is 9.62. The van der Waals surface area contributed by atoms with Gasteiger partial charge < -0.3 is 24.3 Å². The third kappa shape index (κ3) is 4.01. The minimum atomic E-state index is -0.116. The summed E-state index contributed by atoms with van der Waals surface area (Å²) in [5, 5.41) is 3.12. The average molecular weight is 384 g/mol. The van der Waals surface area contributed by atoms with E-state index < -0.39 is 0 Å². The lowest BCUT2D eigenvalue weighted by atomic mass is 10.0. The Morgan fingerprint density at radius 1 is 1.11 bits per heavy atom. The predicted molar refractivity (Wildman–Crippen MR) is 102 cm³/mol. The van der Waals surface area contributed by atoms with Gasteiger partial charge in [-0.3, -0.25) is 9.59 Å². The first-order chi connectivity index (χ1) is 13.7. The van der Waals surface area contributed by atoms with Crippen LogP contribution in [0.3, 0.4) is 0 Å². The van der Waals surface area contributed by atoms with Crippen molar-refractivity contribution in [2.45, 2.75) is 18.9 Å². The van der Waals surface area contributed by atoms with Crippen LogP contribution in [0.25, 0.3) is 0 Å². The van der Waals surface area contributed by atoms with Gasteiger partial charge in [-0.2, -0.15) is 0 Å². The SMILES string of the molecule is O=C(NC1CCN(C(=O)c2ccoc2)CC1)c1cccnc1N1CCOCC1. The van der Waals surface area contributed by atoms with Crippen LogP contribution in [-0.4, -0.2) is 67.1 Å². The van der Waals surface area contributed by atoms with Crippen molar-refractivity contribution < 1.29 is 18.7 Å². The Balaban J connectivity index is 1.36. The second-order valence-electron chi connectivity index (χ2n) is 7.03. The molecular formula is C20H24N4O4. The van der Waals surface area contributed by atoms with E-state index in [0.717, 1.165) is 25.9 Å². The molecule has 0 atom stereocenters. The van der Waals surface area contributed by atoms with Gasteiger partial charge in [-0.05, 0) is 31.0 Å². The molecule has 0 radical (unpaired) electrons. The van der Waals surface area contributed by atoms with Crippen molar-refractivity contribution in [3.8, 4) is 0 Å². The third-order valence-corrected chi connectivity index (χ3v) is 5.23. The van der Waals surface area contributed by atoms with Crippen LogP contribution in [0.4, 0.5) is 5.82 Å². The molecule has 2 amide bonds. The number of carbonyl (C=O) groups is 2. The number of morpholine rings is 1. The molecule has 8 heteroatoms. The Kier molecular flexibility index (Phi) is 5.57. The number of aromatic nitrogens is 1. The van der Waals surface area contributed by atoms with Gasteiger partial charge in [-0.1, -0.05) is 0 Å². The molecule has 1 N–H and O–H groups in total. The van der Waals surface area contributed by atoms with Crippen molar-refractivity contribution in [3.63, 3.8) is 0 Å². The molecule has 0 aromatic carbocycles. The summed E-state index contributed by atoms with van der Waals surface area (Å²) < 4.78 is 10.4. The normalized spacial score (nSPS) is 18.1. The largest absolute Gasteiger partial charge is 0.472 e. The van der Waals surface area contributed by atoms with E-state index in [2.05, 4.69) is 15.2 Å². The van der Waals surface area contributed by atoms with Gasteiger partial charge >= 0.3 is 0 Å². The number of hydrogen-bond acceptors (Lipinski definition) is 6. The quantitative estimate of drug-likeness (QED) is 0.861. The highest BCUT2D eigenvalue weighted by atomic mass is 16.5. The maximum absolute atomic E-state index is 12.9. The van der Waals surface area contributed by atoms with Crippen molar-refractivity contribution in [3.05, 3.63) is 48.0 Å². The number of piperidine rings is 1. The Morgan fingerprint density at radius 2 is 1.89 bits per heavy atom. The molecule has 28 heavy (non-hydrogen) atoms. The number of ether oxygens (including phenoxy) is 1. The van der Waals surface area contributed by atoms with Gasteiger partial charge in [0, 0.05) is 38.4 Å². The number of nitrogens with zero attached hydrogens (tertiary/aromatic N) is 3. The van der Waals surface area contributed by atoms with Crippen LogP contribution in [0.2, 0.25) is 0 Å².